The molecule has 6 nitrogen and oxygen atoms in total. The smallest absolute Gasteiger partial charge is 0.192 e. The van der Waals surface area contributed by atoms with Gasteiger partial charge in [0.15, 0.2) is 11.8 Å². The zero-order chi connectivity index (χ0) is 18.4. The minimum atomic E-state index is 0.508. The summed E-state index contributed by atoms with van der Waals surface area (Å²) < 4.78 is 2.01. The van der Waals surface area contributed by atoms with Gasteiger partial charge in [-0.15, -0.1) is 10.2 Å². The van der Waals surface area contributed by atoms with Crippen LogP contribution in [0.15, 0.2) is 29.3 Å². The first-order valence-electron chi connectivity index (χ1n) is 9.57. The van der Waals surface area contributed by atoms with Crippen molar-refractivity contribution in [2.45, 2.75) is 65.1 Å². The third-order valence-electron chi connectivity index (χ3n) is 5.21. The molecule has 3 rings (SSSR count). The molecular formula is C20H30N6. The van der Waals surface area contributed by atoms with Crippen LogP contribution >= 0.6 is 0 Å². The van der Waals surface area contributed by atoms with Gasteiger partial charge in [0.1, 0.15) is 5.82 Å². The molecule has 1 aromatic carbocycles. The highest BCUT2D eigenvalue weighted by atomic mass is 15.3. The Morgan fingerprint density at radius 2 is 1.92 bits per heavy atom. The molecule has 0 atom stereocenters. The van der Waals surface area contributed by atoms with E-state index in [-0.39, 0.29) is 0 Å². The van der Waals surface area contributed by atoms with E-state index in [4.69, 9.17) is 4.99 Å². The molecule has 1 aliphatic carbocycles. The fourth-order valence-corrected chi connectivity index (χ4v) is 3.31. The van der Waals surface area contributed by atoms with Gasteiger partial charge in [-0.25, -0.2) is 4.99 Å². The van der Waals surface area contributed by atoms with Crippen LogP contribution in [0, 0.1) is 13.8 Å². The maximum absolute atomic E-state index is 4.84. The zero-order valence-electron chi connectivity index (χ0n) is 16.1. The van der Waals surface area contributed by atoms with E-state index in [1.165, 1.54) is 43.2 Å². The summed E-state index contributed by atoms with van der Waals surface area (Å²) in [5.41, 5.74) is 2.53. The Kier molecular flexibility index (Phi) is 6.26. The van der Waals surface area contributed by atoms with Gasteiger partial charge in [-0.3, -0.25) is 0 Å². The van der Waals surface area contributed by atoms with Crippen molar-refractivity contribution < 1.29 is 0 Å². The van der Waals surface area contributed by atoms with Crippen LogP contribution in [0.4, 0.5) is 0 Å². The highest BCUT2D eigenvalue weighted by Crippen LogP contribution is 2.17. The summed E-state index contributed by atoms with van der Waals surface area (Å²) in [6.45, 7) is 5.38. The summed E-state index contributed by atoms with van der Waals surface area (Å²) in [5.74, 6) is 2.69. The number of nitrogens with zero attached hydrogens (tertiary/aromatic N) is 4. The Labute approximate surface area is 156 Å². The minimum Gasteiger partial charge on any atom is -0.354 e. The molecule has 1 fully saturated rings. The van der Waals surface area contributed by atoms with Gasteiger partial charge in [-0.1, -0.05) is 43.5 Å². The molecule has 0 aliphatic heterocycles. The van der Waals surface area contributed by atoms with Gasteiger partial charge in [0.25, 0.3) is 0 Å². The molecule has 2 aromatic rings. The number of aryl methyl sites for hydroxylation is 2. The Balaban J connectivity index is 1.68. The largest absolute Gasteiger partial charge is 0.354 e. The zero-order valence-corrected chi connectivity index (χ0v) is 16.1. The first kappa shape index (κ1) is 18.4. The lowest BCUT2D eigenvalue weighted by Crippen LogP contribution is -2.44. The second kappa shape index (κ2) is 8.83. The molecule has 0 bridgehead atoms. The number of guanidine groups is 1. The van der Waals surface area contributed by atoms with Gasteiger partial charge in [0, 0.05) is 13.1 Å². The molecule has 0 amide bonds. The first-order valence-corrected chi connectivity index (χ1v) is 9.57. The van der Waals surface area contributed by atoms with Gasteiger partial charge >= 0.3 is 0 Å². The van der Waals surface area contributed by atoms with Crippen molar-refractivity contribution in [3.63, 3.8) is 0 Å². The quantitative estimate of drug-likeness (QED) is 0.640. The van der Waals surface area contributed by atoms with E-state index < -0.39 is 0 Å². The molecule has 6 heteroatoms. The summed E-state index contributed by atoms with van der Waals surface area (Å²) in [5, 5.41) is 15.4. The Hall–Kier alpha value is -2.37. The van der Waals surface area contributed by atoms with Gasteiger partial charge < -0.3 is 15.2 Å². The Bertz CT molecular complexity index is 743. The fourth-order valence-electron chi connectivity index (χ4n) is 3.31. The van der Waals surface area contributed by atoms with E-state index in [0.717, 1.165) is 17.6 Å². The molecule has 1 heterocycles. The highest BCUT2D eigenvalue weighted by molar-refractivity contribution is 5.80. The predicted octanol–water partition coefficient (Wildman–Crippen LogP) is 3.00. The van der Waals surface area contributed by atoms with Crippen LogP contribution < -0.4 is 10.6 Å². The van der Waals surface area contributed by atoms with E-state index in [0.29, 0.717) is 19.1 Å². The average molecular weight is 355 g/mol. The number of aliphatic imine (C=N–C) groups is 1. The molecule has 0 saturated heterocycles. The van der Waals surface area contributed by atoms with E-state index in [2.05, 4.69) is 52.0 Å². The number of aromatic nitrogens is 3. The maximum Gasteiger partial charge on any atom is 0.192 e. The van der Waals surface area contributed by atoms with Crippen molar-refractivity contribution in [3.05, 3.63) is 47.0 Å². The highest BCUT2D eigenvalue weighted by Gasteiger charge is 2.15. The molecule has 1 aromatic heterocycles. The molecule has 0 unspecified atom stereocenters. The molecule has 26 heavy (non-hydrogen) atoms. The second-order valence-electron chi connectivity index (χ2n) is 7.15. The molecular weight excluding hydrogens is 324 g/mol. The predicted molar refractivity (Wildman–Crippen MR) is 105 cm³/mol. The van der Waals surface area contributed by atoms with Crippen LogP contribution in [0.25, 0.3) is 0 Å². The van der Waals surface area contributed by atoms with Gasteiger partial charge in [-0.05, 0) is 37.8 Å². The van der Waals surface area contributed by atoms with Gasteiger partial charge in [0.05, 0.1) is 13.1 Å². The van der Waals surface area contributed by atoms with E-state index in [9.17, 15) is 0 Å². The lowest BCUT2D eigenvalue weighted by Gasteiger charge is -2.25. The van der Waals surface area contributed by atoms with Crippen LogP contribution in [-0.2, 0) is 20.1 Å². The van der Waals surface area contributed by atoms with Crippen LogP contribution in [0.2, 0.25) is 0 Å². The summed E-state index contributed by atoms with van der Waals surface area (Å²) >= 11 is 0. The van der Waals surface area contributed by atoms with Crippen molar-refractivity contribution in [1.29, 1.82) is 0 Å². The molecule has 2 N–H and O–H groups in total. The van der Waals surface area contributed by atoms with E-state index >= 15 is 0 Å². The lowest BCUT2D eigenvalue weighted by atomic mass is 9.96. The first-order chi connectivity index (χ1) is 12.6. The molecule has 140 valence electrons. The molecule has 0 spiro atoms. The van der Waals surface area contributed by atoms with Gasteiger partial charge in [-0.2, -0.15) is 0 Å². The Morgan fingerprint density at radius 1 is 1.15 bits per heavy atom. The molecule has 1 saturated carbocycles. The van der Waals surface area contributed by atoms with E-state index in [1.807, 2.05) is 18.5 Å². The number of hydrogen-bond acceptors (Lipinski definition) is 3. The SMILES string of the molecule is Cc1ccccc1CN=C(NCc1nnc(C)n1C)NC1CCCCC1. The van der Waals surface area contributed by atoms with Crippen LogP contribution in [-0.4, -0.2) is 26.8 Å². The van der Waals surface area contributed by atoms with Crippen molar-refractivity contribution in [2.75, 3.05) is 0 Å². The summed E-state index contributed by atoms with van der Waals surface area (Å²) in [6, 6.07) is 8.92. The monoisotopic (exact) mass is 354 g/mol. The van der Waals surface area contributed by atoms with Crippen molar-refractivity contribution >= 4 is 5.96 Å². The number of benzene rings is 1. The lowest BCUT2D eigenvalue weighted by molar-refractivity contribution is 0.409. The number of nitrogens with one attached hydrogen (secondary N) is 2. The van der Waals surface area contributed by atoms with Crippen LogP contribution in [0.1, 0.15) is 54.9 Å². The van der Waals surface area contributed by atoms with Gasteiger partial charge in [0.2, 0.25) is 0 Å². The van der Waals surface area contributed by atoms with Crippen LogP contribution in [0.5, 0.6) is 0 Å². The number of rotatable bonds is 5. The summed E-state index contributed by atoms with van der Waals surface area (Å²) in [6.07, 6.45) is 6.37. The van der Waals surface area contributed by atoms with Crippen molar-refractivity contribution in [2.24, 2.45) is 12.0 Å². The molecule has 1 aliphatic rings. The fraction of sp³-hybridized carbons (Fsp3) is 0.550. The van der Waals surface area contributed by atoms with Crippen molar-refractivity contribution in [3.8, 4) is 0 Å². The van der Waals surface area contributed by atoms with E-state index in [1.54, 1.807) is 0 Å². The number of hydrogen-bond donors (Lipinski definition) is 2. The minimum absolute atomic E-state index is 0.508. The maximum atomic E-state index is 4.84. The third-order valence-corrected chi connectivity index (χ3v) is 5.21. The third kappa shape index (κ3) is 4.84. The topological polar surface area (TPSA) is 67.1 Å². The normalized spacial score (nSPS) is 15.9. The second-order valence-corrected chi connectivity index (χ2v) is 7.15. The summed E-state index contributed by atoms with van der Waals surface area (Å²) in [7, 11) is 1.99. The standard InChI is InChI=1S/C20H30N6/c1-15-9-7-8-10-17(15)13-21-20(23-18-11-5-4-6-12-18)22-14-19-25-24-16(2)26(19)3/h7-10,18H,4-6,11-14H2,1-3H3,(H2,21,22,23). The van der Waals surface area contributed by atoms with Crippen LogP contribution in [0.3, 0.4) is 0 Å². The molecule has 0 radical (unpaired) electrons. The average Bonchev–Trinajstić information content (AvgIpc) is 2.98. The Morgan fingerprint density at radius 3 is 2.62 bits per heavy atom. The summed E-state index contributed by atoms with van der Waals surface area (Å²) in [4.78, 5) is 4.84. The van der Waals surface area contributed by atoms with Crippen molar-refractivity contribution in [1.82, 2.24) is 25.4 Å².